The minimum absolute atomic E-state index is 0.262. The fourth-order valence-electron chi connectivity index (χ4n) is 6.64. The standard InChI is InChI=1S/C29H39N3O3S2.C13H20O.C6H6O/c1-4-5-6-7-8-20-35-23-10-13-25(14-11-23)37(33,34)28-22-30-27-15-12-24(36-3)21-26(27)29(28)32-17-9-16-31(2)18-19-32;1-2-3-4-5-9-12-14-13-10-7-6-8-11-13;7-6-4-2-1-3-5-6/h10-15,21-22H,4-9,16-20H2,1-3H3;6-8,10-11H,2-5,9,12H2,1H3;1-5,7H. The van der Waals surface area contributed by atoms with Crippen LogP contribution < -0.4 is 14.4 Å². The molecule has 1 saturated heterocycles. The maximum Gasteiger partial charge on any atom is 0.210 e. The number of anilines is 1. The number of hydrogen-bond donors (Lipinski definition) is 1. The molecule has 0 atom stereocenters. The third kappa shape index (κ3) is 15.5. The number of phenols is 1. The van der Waals surface area contributed by atoms with E-state index in [1.807, 2.05) is 54.8 Å². The molecule has 0 unspecified atom stereocenters. The molecule has 314 valence electrons. The number of nitrogens with zero attached hydrogens (tertiary/aromatic N) is 3. The van der Waals surface area contributed by atoms with Gasteiger partial charge in [-0.3, -0.25) is 4.98 Å². The lowest BCUT2D eigenvalue weighted by molar-refractivity contribution is 0.304. The molecule has 0 spiro atoms. The van der Waals surface area contributed by atoms with E-state index in [1.54, 1.807) is 66.5 Å². The fourth-order valence-corrected chi connectivity index (χ4v) is 8.51. The summed E-state index contributed by atoms with van der Waals surface area (Å²) in [5.74, 6) is 2.01. The zero-order valence-corrected chi connectivity index (χ0v) is 36.8. The maximum absolute atomic E-state index is 14.0. The van der Waals surface area contributed by atoms with Gasteiger partial charge in [-0.1, -0.05) is 102 Å². The van der Waals surface area contributed by atoms with E-state index in [0.29, 0.717) is 18.1 Å². The molecule has 1 fully saturated rings. The summed E-state index contributed by atoms with van der Waals surface area (Å²) in [4.78, 5) is 10.7. The van der Waals surface area contributed by atoms with Crippen LogP contribution in [0.15, 0.2) is 124 Å². The largest absolute Gasteiger partial charge is 0.508 e. The molecule has 1 aliphatic rings. The van der Waals surface area contributed by atoms with Crippen LogP contribution in [0.1, 0.15) is 84.5 Å². The van der Waals surface area contributed by atoms with Gasteiger partial charge in [0.05, 0.1) is 29.3 Å². The first-order valence-corrected chi connectivity index (χ1v) is 23.8. The molecule has 58 heavy (non-hydrogen) atoms. The number of benzene rings is 4. The average molecular weight is 828 g/mol. The van der Waals surface area contributed by atoms with Gasteiger partial charge in [0, 0.05) is 36.1 Å². The number of hydrogen-bond acceptors (Lipinski definition) is 9. The summed E-state index contributed by atoms with van der Waals surface area (Å²) >= 11 is 1.65. The normalized spacial score (nSPS) is 13.1. The lowest BCUT2D eigenvalue weighted by atomic mass is 10.1. The molecule has 0 bridgehead atoms. The van der Waals surface area contributed by atoms with Crippen molar-refractivity contribution in [1.29, 1.82) is 0 Å². The molecule has 1 aliphatic heterocycles. The summed E-state index contributed by atoms with van der Waals surface area (Å²) in [5.41, 5.74) is 1.58. The second-order valence-electron chi connectivity index (χ2n) is 14.6. The van der Waals surface area contributed by atoms with Crippen LogP contribution in [0.5, 0.6) is 17.2 Å². The Morgan fingerprint density at radius 1 is 0.690 bits per heavy atom. The number of thioether (sulfide) groups is 1. The third-order valence-corrected chi connectivity index (χ3v) is 12.5. The Kier molecular flexibility index (Phi) is 20.8. The average Bonchev–Trinajstić information content (AvgIpc) is 3.47. The lowest BCUT2D eigenvalue weighted by Gasteiger charge is -2.27. The SMILES string of the molecule is CCCCCCCOc1ccc(S(=O)(=O)c2cnc3ccc(SC)cc3c2N2CCCN(C)CC2)cc1.CCCCCCCOc1ccccc1.Oc1ccccc1. The second-order valence-corrected chi connectivity index (χ2v) is 17.4. The Labute approximate surface area is 352 Å². The summed E-state index contributed by atoms with van der Waals surface area (Å²) in [7, 11) is -1.67. The molecule has 8 nitrogen and oxygen atoms in total. The molecule has 2 heterocycles. The number of para-hydroxylation sites is 2. The molecular weight excluding hydrogens is 763 g/mol. The zero-order chi connectivity index (χ0) is 41.4. The van der Waals surface area contributed by atoms with Gasteiger partial charge in [-0.2, -0.15) is 0 Å². The van der Waals surface area contributed by atoms with Crippen molar-refractivity contribution in [3.8, 4) is 17.2 Å². The smallest absolute Gasteiger partial charge is 0.210 e. The molecular formula is C48H65N3O5S2. The summed E-state index contributed by atoms with van der Waals surface area (Å²) < 4.78 is 39.4. The number of pyridine rings is 1. The van der Waals surface area contributed by atoms with Crippen molar-refractivity contribution in [2.45, 2.75) is 99.2 Å². The molecule has 1 N–H and O–H groups in total. The highest BCUT2D eigenvalue weighted by molar-refractivity contribution is 7.98. The van der Waals surface area contributed by atoms with Crippen LogP contribution in [-0.2, 0) is 9.84 Å². The topological polar surface area (TPSA) is 92.2 Å². The van der Waals surface area contributed by atoms with E-state index in [-0.39, 0.29) is 9.79 Å². The van der Waals surface area contributed by atoms with E-state index in [2.05, 4.69) is 41.7 Å². The van der Waals surface area contributed by atoms with Gasteiger partial charge in [0.25, 0.3) is 0 Å². The van der Waals surface area contributed by atoms with Crippen molar-refractivity contribution in [3.63, 3.8) is 0 Å². The highest BCUT2D eigenvalue weighted by Gasteiger charge is 2.28. The van der Waals surface area contributed by atoms with Crippen molar-refractivity contribution in [2.24, 2.45) is 0 Å². The minimum atomic E-state index is -3.79. The Hall–Kier alpha value is -4.25. The van der Waals surface area contributed by atoms with E-state index in [4.69, 9.17) is 14.6 Å². The Morgan fingerprint density at radius 3 is 1.84 bits per heavy atom. The van der Waals surface area contributed by atoms with Gasteiger partial charge >= 0.3 is 0 Å². The van der Waals surface area contributed by atoms with Crippen LogP contribution in [0.25, 0.3) is 10.9 Å². The van der Waals surface area contributed by atoms with Crippen LogP contribution in [0.4, 0.5) is 5.69 Å². The predicted molar refractivity (Wildman–Crippen MR) is 243 cm³/mol. The minimum Gasteiger partial charge on any atom is -0.508 e. The number of aromatic nitrogens is 1. The van der Waals surface area contributed by atoms with Crippen LogP contribution >= 0.6 is 11.8 Å². The number of sulfone groups is 1. The van der Waals surface area contributed by atoms with Gasteiger partial charge in [0.15, 0.2) is 0 Å². The molecule has 0 radical (unpaired) electrons. The number of phenolic OH excluding ortho intramolecular Hbond substituents is 1. The number of fused-ring (bicyclic) bond motifs is 1. The predicted octanol–water partition coefficient (Wildman–Crippen LogP) is 11.7. The molecule has 5 aromatic rings. The summed E-state index contributed by atoms with van der Waals surface area (Å²) in [6.45, 7) is 9.40. The van der Waals surface area contributed by atoms with E-state index >= 15 is 0 Å². The summed E-state index contributed by atoms with van der Waals surface area (Å²) in [6.07, 6.45) is 16.9. The van der Waals surface area contributed by atoms with Gasteiger partial charge in [-0.05, 0) is 106 Å². The van der Waals surface area contributed by atoms with Crippen molar-refractivity contribution < 1.29 is 23.0 Å². The van der Waals surface area contributed by atoms with Crippen molar-refractivity contribution in [3.05, 3.63) is 109 Å². The monoisotopic (exact) mass is 827 g/mol. The highest BCUT2D eigenvalue weighted by atomic mass is 32.2. The molecule has 4 aromatic carbocycles. The van der Waals surface area contributed by atoms with Gasteiger partial charge in [0.1, 0.15) is 22.1 Å². The van der Waals surface area contributed by atoms with E-state index in [0.717, 1.165) is 79.3 Å². The third-order valence-electron chi connectivity index (χ3n) is 10.0. The maximum atomic E-state index is 14.0. The van der Waals surface area contributed by atoms with Crippen LogP contribution in [0, 0.1) is 0 Å². The molecule has 6 rings (SSSR count). The zero-order valence-electron chi connectivity index (χ0n) is 35.2. The number of aromatic hydroxyl groups is 1. The number of rotatable bonds is 18. The van der Waals surface area contributed by atoms with Gasteiger partial charge in [-0.25, -0.2) is 8.42 Å². The van der Waals surface area contributed by atoms with E-state index in [1.165, 1.54) is 51.4 Å². The van der Waals surface area contributed by atoms with Crippen molar-refractivity contribution >= 4 is 38.2 Å². The summed E-state index contributed by atoms with van der Waals surface area (Å²) in [5, 5.41) is 9.52. The lowest BCUT2D eigenvalue weighted by Crippen LogP contribution is -2.30. The Balaban J connectivity index is 0.000000288. The van der Waals surface area contributed by atoms with Gasteiger partial charge in [0.2, 0.25) is 9.84 Å². The molecule has 0 amide bonds. The van der Waals surface area contributed by atoms with Crippen LogP contribution in [-0.4, -0.2) is 76.1 Å². The van der Waals surface area contributed by atoms with E-state index in [9.17, 15) is 8.42 Å². The first-order valence-electron chi connectivity index (χ1n) is 21.1. The number of ether oxygens (including phenoxy) is 2. The van der Waals surface area contributed by atoms with Gasteiger partial charge < -0.3 is 24.4 Å². The number of likely N-dealkylation sites (N-methyl/N-ethyl adjacent to an activating group) is 1. The first kappa shape index (κ1) is 46.4. The van der Waals surface area contributed by atoms with Crippen LogP contribution in [0.2, 0.25) is 0 Å². The quantitative estimate of drug-likeness (QED) is 0.0684. The molecule has 0 aliphatic carbocycles. The van der Waals surface area contributed by atoms with Crippen LogP contribution in [0.3, 0.4) is 0 Å². The second kappa shape index (κ2) is 26.0. The molecule has 0 saturated carbocycles. The highest BCUT2D eigenvalue weighted by Crippen LogP contribution is 2.38. The van der Waals surface area contributed by atoms with Crippen molar-refractivity contribution in [1.82, 2.24) is 9.88 Å². The Bertz CT molecular complexity index is 1980. The Morgan fingerprint density at radius 2 is 1.28 bits per heavy atom. The molecule has 1 aromatic heterocycles. The summed E-state index contributed by atoms with van der Waals surface area (Å²) in [6, 6.07) is 31.7. The molecule has 10 heteroatoms. The van der Waals surface area contributed by atoms with Crippen molar-refractivity contribution in [2.75, 3.05) is 57.6 Å². The fraction of sp³-hybridized carbons (Fsp3) is 0.438. The van der Waals surface area contributed by atoms with E-state index < -0.39 is 9.84 Å². The van der Waals surface area contributed by atoms with Gasteiger partial charge in [-0.15, -0.1) is 11.8 Å². The number of unbranched alkanes of at least 4 members (excludes halogenated alkanes) is 8. The first-order chi connectivity index (χ1) is 28.3.